The molecule has 1 aliphatic heterocycles. The minimum Gasteiger partial charge on any atom is -0.479 e. The Hall–Kier alpha value is -1.39. The fraction of sp³-hybridized carbons (Fsp3) is 0.462. The minimum atomic E-state index is -1.65. The van der Waals surface area contributed by atoms with Gasteiger partial charge < -0.3 is 10.2 Å². The Morgan fingerprint density at radius 2 is 2.00 bits per heavy atom. The van der Waals surface area contributed by atoms with E-state index in [1.807, 2.05) is 23.1 Å². The van der Waals surface area contributed by atoms with E-state index in [1.165, 1.54) is 12.5 Å². The van der Waals surface area contributed by atoms with Crippen LogP contribution in [0.15, 0.2) is 30.3 Å². The van der Waals surface area contributed by atoms with Crippen molar-refractivity contribution in [2.45, 2.75) is 18.4 Å². The van der Waals surface area contributed by atoms with Crippen molar-refractivity contribution in [2.75, 3.05) is 19.6 Å². The topological polar surface area (TPSA) is 60.8 Å². The van der Waals surface area contributed by atoms with E-state index < -0.39 is 11.6 Å². The maximum atomic E-state index is 10.8. The number of carbonyl (C=O) groups is 1. The van der Waals surface area contributed by atoms with Gasteiger partial charge in [-0.25, -0.2) is 4.79 Å². The summed E-state index contributed by atoms with van der Waals surface area (Å²) in [5.41, 5.74) is -0.375. The lowest BCUT2D eigenvalue weighted by molar-refractivity contribution is -0.159. The van der Waals surface area contributed by atoms with Crippen molar-refractivity contribution in [1.82, 2.24) is 4.90 Å². The number of β-amino-alcohol motifs (C(OH)–C–C–N with tert-alkyl or cyclic N) is 1. The number of likely N-dealkylation sites (tertiary alicyclic amines) is 1. The molecule has 1 saturated heterocycles. The van der Waals surface area contributed by atoms with Gasteiger partial charge in [0.15, 0.2) is 5.60 Å². The molecule has 0 amide bonds. The molecule has 17 heavy (non-hydrogen) atoms. The zero-order valence-corrected chi connectivity index (χ0v) is 9.84. The van der Waals surface area contributed by atoms with E-state index in [0.29, 0.717) is 5.92 Å². The quantitative estimate of drug-likeness (QED) is 0.814. The summed E-state index contributed by atoms with van der Waals surface area (Å²) in [4.78, 5) is 12.7. The molecule has 1 heterocycles. The maximum Gasteiger partial charge on any atom is 0.336 e. The molecule has 1 aromatic rings. The predicted octanol–water partition coefficient (Wildman–Crippen LogP) is 0.921. The first-order valence-corrected chi connectivity index (χ1v) is 5.72. The van der Waals surface area contributed by atoms with Crippen LogP contribution in [0, 0.1) is 0 Å². The van der Waals surface area contributed by atoms with Gasteiger partial charge in [0.2, 0.25) is 0 Å². The molecule has 4 nitrogen and oxygen atoms in total. The zero-order chi connectivity index (χ0) is 12.5. The minimum absolute atomic E-state index is 0.186. The summed E-state index contributed by atoms with van der Waals surface area (Å²) in [5.74, 6) is -0.707. The van der Waals surface area contributed by atoms with Crippen molar-refractivity contribution < 1.29 is 15.0 Å². The fourth-order valence-electron chi connectivity index (χ4n) is 2.14. The van der Waals surface area contributed by atoms with Gasteiger partial charge in [-0.05, 0) is 12.5 Å². The summed E-state index contributed by atoms with van der Waals surface area (Å²) in [5, 5.41) is 18.5. The van der Waals surface area contributed by atoms with Crippen LogP contribution in [0.4, 0.5) is 0 Å². The zero-order valence-electron chi connectivity index (χ0n) is 9.84. The molecule has 1 aromatic carbocycles. The summed E-state index contributed by atoms with van der Waals surface area (Å²) in [7, 11) is 0. The normalized spacial score (nSPS) is 20.6. The Balaban J connectivity index is 1.86. The van der Waals surface area contributed by atoms with Crippen LogP contribution >= 0.6 is 0 Å². The monoisotopic (exact) mass is 235 g/mol. The number of hydrogen-bond donors (Lipinski definition) is 2. The average Bonchev–Trinajstić information content (AvgIpc) is 2.24. The highest BCUT2D eigenvalue weighted by Crippen LogP contribution is 2.27. The maximum absolute atomic E-state index is 10.8. The van der Waals surface area contributed by atoms with E-state index in [0.717, 1.165) is 13.1 Å². The van der Waals surface area contributed by atoms with E-state index in [2.05, 4.69) is 12.1 Å². The van der Waals surface area contributed by atoms with Crippen molar-refractivity contribution in [3.05, 3.63) is 35.9 Å². The van der Waals surface area contributed by atoms with Gasteiger partial charge in [-0.1, -0.05) is 30.3 Å². The Morgan fingerprint density at radius 1 is 1.41 bits per heavy atom. The third-order valence-electron chi connectivity index (χ3n) is 3.22. The molecule has 2 N–H and O–H groups in total. The molecule has 1 unspecified atom stereocenters. The first-order valence-electron chi connectivity index (χ1n) is 5.72. The molecule has 0 saturated carbocycles. The average molecular weight is 235 g/mol. The van der Waals surface area contributed by atoms with E-state index in [4.69, 9.17) is 5.11 Å². The summed E-state index contributed by atoms with van der Waals surface area (Å²) in [6.07, 6.45) is 0. The van der Waals surface area contributed by atoms with Crippen LogP contribution < -0.4 is 0 Å². The smallest absolute Gasteiger partial charge is 0.336 e. The highest BCUT2D eigenvalue weighted by Gasteiger charge is 2.37. The van der Waals surface area contributed by atoms with E-state index in [1.54, 1.807) is 0 Å². The van der Waals surface area contributed by atoms with E-state index in [9.17, 15) is 9.90 Å². The fourth-order valence-corrected chi connectivity index (χ4v) is 2.14. The van der Waals surface area contributed by atoms with Gasteiger partial charge in [-0.3, -0.25) is 4.90 Å². The second-order valence-corrected chi connectivity index (χ2v) is 4.88. The van der Waals surface area contributed by atoms with Gasteiger partial charge in [-0.15, -0.1) is 0 Å². The lowest BCUT2D eigenvalue weighted by Crippen LogP contribution is -2.54. The standard InChI is InChI=1S/C13H17NO3/c1-13(17,12(15)16)9-14-7-11(8-14)10-5-3-2-4-6-10/h2-6,11,17H,7-9H2,1H3,(H,15,16). The Morgan fingerprint density at radius 3 is 2.53 bits per heavy atom. The lowest BCUT2D eigenvalue weighted by atomic mass is 9.90. The SMILES string of the molecule is CC(O)(CN1CC(c2ccccc2)C1)C(=O)O. The Bertz CT molecular complexity index is 396. The molecule has 0 aliphatic carbocycles. The van der Waals surface area contributed by atoms with Crippen LogP contribution in [0.25, 0.3) is 0 Å². The molecule has 1 atom stereocenters. The number of benzene rings is 1. The first kappa shape index (κ1) is 12.1. The van der Waals surface area contributed by atoms with Crippen LogP contribution in [0.2, 0.25) is 0 Å². The summed E-state index contributed by atoms with van der Waals surface area (Å²) >= 11 is 0. The summed E-state index contributed by atoms with van der Waals surface area (Å²) < 4.78 is 0. The number of aliphatic hydroxyl groups is 1. The third-order valence-corrected chi connectivity index (χ3v) is 3.22. The molecule has 4 heteroatoms. The molecule has 0 bridgehead atoms. The number of carboxylic acids is 1. The Kier molecular flexibility index (Phi) is 3.17. The van der Waals surface area contributed by atoms with Crippen LogP contribution in [0.1, 0.15) is 18.4 Å². The predicted molar refractivity (Wildman–Crippen MR) is 63.9 cm³/mol. The molecule has 1 fully saturated rings. The number of hydrogen-bond acceptors (Lipinski definition) is 3. The van der Waals surface area contributed by atoms with Crippen molar-refractivity contribution >= 4 is 5.97 Å². The van der Waals surface area contributed by atoms with E-state index >= 15 is 0 Å². The van der Waals surface area contributed by atoms with Gasteiger partial charge in [0.1, 0.15) is 0 Å². The molecule has 0 aromatic heterocycles. The van der Waals surface area contributed by atoms with Crippen LogP contribution in [0.3, 0.4) is 0 Å². The second-order valence-electron chi connectivity index (χ2n) is 4.88. The van der Waals surface area contributed by atoms with E-state index in [-0.39, 0.29) is 6.54 Å². The van der Waals surface area contributed by atoms with Crippen molar-refractivity contribution in [3.8, 4) is 0 Å². The first-order chi connectivity index (χ1) is 7.99. The number of rotatable bonds is 4. The number of aliphatic carboxylic acids is 1. The molecular formula is C13H17NO3. The molecule has 0 spiro atoms. The number of carboxylic acid groups (broad SMARTS) is 1. The molecule has 92 valence electrons. The Labute approximate surface area is 100 Å². The second kappa shape index (κ2) is 4.47. The molecule has 0 radical (unpaired) electrons. The van der Waals surface area contributed by atoms with Gasteiger partial charge in [0.25, 0.3) is 0 Å². The molecular weight excluding hydrogens is 218 g/mol. The molecule has 1 aliphatic rings. The summed E-state index contributed by atoms with van der Waals surface area (Å²) in [6.45, 7) is 3.15. The van der Waals surface area contributed by atoms with Gasteiger partial charge in [0.05, 0.1) is 0 Å². The van der Waals surface area contributed by atoms with Crippen LogP contribution in [0.5, 0.6) is 0 Å². The number of nitrogens with zero attached hydrogens (tertiary/aromatic N) is 1. The highest BCUT2D eigenvalue weighted by atomic mass is 16.4. The third kappa shape index (κ3) is 2.65. The van der Waals surface area contributed by atoms with Crippen molar-refractivity contribution in [3.63, 3.8) is 0 Å². The summed E-state index contributed by atoms with van der Waals surface area (Å²) in [6, 6.07) is 10.2. The van der Waals surface area contributed by atoms with Crippen molar-refractivity contribution in [2.24, 2.45) is 0 Å². The van der Waals surface area contributed by atoms with Gasteiger partial charge >= 0.3 is 5.97 Å². The van der Waals surface area contributed by atoms with Gasteiger partial charge in [0, 0.05) is 25.6 Å². The van der Waals surface area contributed by atoms with Gasteiger partial charge in [-0.2, -0.15) is 0 Å². The lowest BCUT2D eigenvalue weighted by Gasteiger charge is -2.42. The van der Waals surface area contributed by atoms with Crippen molar-refractivity contribution in [1.29, 1.82) is 0 Å². The highest BCUT2D eigenvalue weighted by molar-refractivity contribution is 5.76. The van der Waals surface area contributed by atoms with Crippen LogP contribution in [-0.4, -0.2) is 46.3 Å². The largest absolute Gasteiger partial charge is 0.479 e. The molecule has 2 rings (SSSR count). The van der Waals surface area contributed by atoms with Crippen LogP contribution in [-0.2, 0) is 4.79 Å².